The van der Waals surface area contributed by atoms with E-state index >= 15 is 0 Å². The lowest BCUT2D eigenvalue weighted by Crippen LogP contribution is -2.22. The first-order chi connectivity index (χ1) is 7.24. The van der Waals surface area contributed by atoms with Crippen molar-refractivity contribution >= 4 is 24.6 Å². The van der Waals surface area contributed by atoms with Gasteiger partial charge in [0.1, 0.15) is 0 Å². The second-order valence-corrected chi connectivity index (χ2v) is 4.90. The zero-order chi connectivity index (χ0) is 11.1. The first kappa shape index (κ1) is 12.3. The Hall–Kier alpha value is -0.770. The summed E-state index contributed by atoms with van der Waals surface area (Å²) < 4.78 is 2.15. The van der Waals surface area contributed by atoms with Crippen LogP contribution < -0.4 is 0 Å². The fourth-order valence-corrected chi connectivity index (χ4v) is 2.33. The molecule has 0 amide bonds. The van der Waals surface area contributed by atoms with Gasteiger partial charge < -0.3 is 0 Å². The summed E-state index contributed by atoms with van der Waals surface area (Å²) in [5.41, 5.74) is 1.18. The zero-order valence-electron chi connectivity index (χ0n) is 9.57. The van der Waals surface area contributed by atoms with E-state index in [1.54, 1.807) is 0 Å². The van der Waals surface area contributed by atoms with Gasteiger partial charge in [-0.3, -0.25) is 4.31 Å². The third-order valence-corrected chi connectivity index (χ3v) is 3.18. The molecule has 15 heavy (non-hydrogen) atoms. The van der Waals surface area contributed by atoms with E-state index < -0.39 is 0 Å². The Labute approximate surface area is 96.5 Å². The van der Waals surface area contributed by atoms with Gasteiger partial charge in [0.2, 0.25) is 5.96 Å². The topological polar surface area (TPSA) is 28.0 Å². The zero-order valence-corrected chi connectivity index (χ0v) is 10.4. The van der Waals surface area contributed by atoms with Crippen molar-refractivity contribution in [3.8, 4) is 0 Å². The van der Waals surface area contributed by atoms with Gasteiger partial charge in [0.25, 0.3) is 0 Å². The molecule has 4 heteroatoms. The predicted molar refractivity (Wildman–Crippen MR) is 69.4 cm³/mol. The van der Waals surface area contributed by atoms with Gasteiger partial charge in [0.05, 0.1) is 0 Å². The normalized spacial score (nSPS) is 18.3. The van der Waals surface area contributed by atoms with Crippen molar-refractivity contribution in [1.82, 2.24) is 4.31 Å². The molecular weight excluding hydrogens is 206 g/mol. The van der Waals surface area contributed by atoms with E-state index in [2.05, 4.69) is 21.0 Å². The largest absolute Gasteiger partial charge is 0.285 e. The van der Waals surface area contributed by atoms with Gasteiger partial charge in [0.15, 0.2) is 0 Å². The Kier molecular flexibility index (Phi) is 5.47. The van der Waals surface area contributed by atoms with E-state index in [-0.39, 0.29) is 0 Å². The van der Waals surface area contributed by atoms with Gasteiger partial charge in [-0.2, -0.15) is 0 Å². The molecule has 1 saturated heterocycles. The molecule has 0 N–H and O–H groups in total. The molecule has 0 aromatic heterocycles. The molecule has 0 spiro atoms. The van der Waals surface area contributed by atoms with Crippen molar-refractivity contribution in [2.45, 2.75) is 33.1 Å². The SMILES string of the molecule is C=N/C(=N\C=C(C)C)N1CCCCCS1. The molecule has 0 atom stereocenters. The second kappa shape index (κ2) is 6.67. The van der Waals surface area contributed by atoms with Gasteiger partial charge in [0, 0.05) is 18.5 Å². The van der Waals surface area contributed by atoms with Crippen LogP contribution in [0.5, 0.6) is 0 Å². The minimum atomic E-state index is 0.739. The van der Waals surface area contributed by atoms with E-state index in [0.29, 0.717) is 0 Å². The number of nitrogens with zero attached hydrogens (tertiary/aromatic N) is 3. The molecule has 0 aromatic carbocycles. The quantitative estimate of drug-likeness (QED) is 0.389. The van der Waals surface area contributed by atoms with Crippen LogP contribution in [0.25, 0.3) is 0 Å². The second-order valence-electron chi connectivity index (χ2n) is 3.79. The van der Waals surface area contributed by atoms with E-state index in [1.165, 1.54) is 24.8 Å². The van der Waals surface area contributed by atoms with Crippen LogP contribution in [0.1, 0.15) is 33.1 Å². The minimum Gasteiger partial charge on any atom is -0.285 e. The molecule has 0 saturated carbocycles. The standard InChI is InChI=1S/C11H19N3S/c1-10(2)9-13-11(12-3)14-7-5-4-6-8-15-14/h9H,3-8H2,1-2H3/b13-11+. The van der Waals surface area contributed by atoms with Crippen molar-refractivity contribution in [2.24, 2.45) is 9.98 Å². The maximum Gasteiger partial charge on any atom is 0.234 e. The van der Waals surface area contributed by atoms with Crippen molar-refractivity contribution in [3.63, 3.8) is 0 Å². The molecule has 1 rings (SSSR count). The number of guanidine groups is 1. The molecule has 1 heterocycles. The van der Waals surface area contributed by atoms with Crippen LogP contribution in [0.4, 0.5) is 0 Å². The van der Waals surface area contributed by atoms with Gasteiger partial charge in [-0.25, -0.2) is 9.98 Å². The number of rotatable bonds is 1. The smallest absolute Gasteiger partial charge is 0.234 e. The Balaban J connectivity index is 2.67. The summed E-state index contributed by atoms with van der Waals surface area (Å²) in [6.45, 7) is 8.66. The van der Waals surface area contributed by atoms with Gasteiger partial charge in [-0.05, 0) is 45.4 Å². The molecule has 0 aromatic rings. The maximum absolute atomic E-state index is 4.34. The molecule has 0 unspecified atom stereocenters. The lowest BCUT2D eigenvalue weighted by Gasteiger charge is -2.18. The number of aliphatic imine (C=N–C) groups is 2. The fourth-order valence-electron chi connectivity index (χ4n) is 1.30. The van der Waals surface area contributed by atoms with Crippen LogP contribution in [0.15, 0.2) is 21.8 Å². The summed E-state index contributed by atoms with van der Waals surface area (Å²) in [6, 6.07) is 0. The van der Waals surface area contributed by atoms with E-state index in [9.17, 15) is 0 Å². The van der Waals surface area contributed by atoms with Gasteiger partial charge in [-0.15, -0.1) is 0 Å². The summed E-state index contributed by atoms with van der Waals surface area (Å²) in [5.74, 6) is 1.90. The predicted octanol–water partition coefficient (Wildman–Crippen LogP) is 3.10. The Morgan fingerprint density at radius 3 is 2.80 bits per heavy atom. The lowest BCUT2D eigenvalue weighted by atomic mass is 10.2. The average molecular weight is 225 g/mol. The highest BCUT2D eigenvalue weighted by Crippen LogP contribution is 2.20. The van der Waals surface area contributed by atoms with Crippen LogP contribution in [0.3, 0.4) is 0 Å². The number of hydrogen-bond donors (Lipinski definition) is 0. The molecule has 84 valence electrons. The molecule has 0 radical (unpaired) electrons. The van der Waals surface area contributed by atoms with Crippen LogP contribution in [0.2, 0.25) is 0 Å². The fraction of sp³-hybridized carbons (Fsp3) is 0.636. The Morgan fingerprint density at radius 2 is 2.13 bits per heavy atom. The summed E-state index contributed by atoms with van der Waals surface area (Å²) in [4.78, 5) is 8.32. The molecular formula is C11H19N3S. The number of allylic oxidation sites excluding steroid dienone is 1. The molecule has 1 aliphatic heterocycles. The summed E-state index contributed by atoms with van der Waals surface area (Å²) in [6.07, 6.45) is 5.65. The Morgan fingerprint density at radius 1 is 1.33 bits per heavy atom. The van der Waals surface area contributed by atoms with Crippen LogP contribution >= 0.6 is 11.9 Å². The highest BCUT2D eigenvalue weighted by Gasteiger charge is 2.12. The van der Waals surface area contributed by atoms with Crippen LogP contribution in [0, 0.1) is 0 Å². The van der Waals surface area contributed by atoms with Crippen molar-refractivity contribution in [1.29, 1.82) is 0 Å². The van der Waals surface area contributed by atoms with Crippen LogP contribution in [-0.2, 0) is 0 Å². The van der Waals surface area contributed by atoms with Crippen molar-refractivity contribution < 1.29 is 0 Å². The van der Waals surface area contributed by atoms with Crippen molar-refractivity contribution in [2.75, 3.05) is 12.3 Å². The molecule has 1 aliphatic rings. The summed E-state index contributed by atoms with van der Waals surface area (Å²) in [5, 5.41) is 0. The van der Waals surface area contributed by atoms with Gasteiger partial charge in [-0.1, -0.05) is 12.0 Å². The van der Waals surface area contributed by atoms with Crippen LogP contribution in [-0.4, -0.2) is 29.3 Å². The third-order valence-electron chi connectivity index (χ3n) is 2.06. The highest BCUT2D eigenvalue weighted by molar-refractivity contribution is 7.97. The first-order valence-corrected chi connectivity index (χ1v) is 6.26. The maximum atomic E-state index is 4.34. The highest BCUT2D eigenvalue weighted by atomic mass is 32.2. The van der Waals surface area contributed by atoms with E-state index in [1.807, 2.05) is 32.0 Å². The minimum absolute atomic E-state index is 0.739. The van der Waals surface area contributed by atoms with E-state index in [4.69, 9.17) is 0 Å². The molecule has 0 aliphatic carbocycles. The molecule has 3 nitrogen and oxygen atoms in total. The summed E-state index contributed by atoms with van der Waals surface area (Å²) >= 11 is 1.81. The summed E-state index contributed by atoms with van der Waals surface area (Å²) in [7, 11) is 0. The Bertz CT molecular complexity index is 259. The third kappa shape index (κ3) is 4.51. The first-order valence-electron chi connectivity index (χ1n) is 5.32. The average Bonchev–Trinajstić information content (AvgIpc) is 2.47. The van der Waals surface area contributed by atoms with E-state index in [0.717, 1.165) is 18.3 Å². The lowest BCUT2D eigenvalue weighted by molar-refractivity contribution is 0.612. The molecule has 1 fully saturated rings. The van der Waals surface area contributed by atoms with Crippen molar-refractivity contribution in [3.05, 3.63) is 11.8 Å². The van der Waals surface area contributed by atoms with Gasteiger partial charge >= 0.3 is 0 Å². The monoisotopic (exact) mass is 225 g/mol. The molecule has 0 bridgehead atoms. The number of hydrogen-bond acceptors (Lipinski definition) is 2.